The molecule has 0 amide bonds. The quantitative estimate of drug-likeness (QED) is 0.400. The zero-order valence-corrected chi connectivity index (χ0v) is 22.9. The number of methoxy groups -OCH3 is 2. The van der Waals surface area contributed by atoms with Crippen molar-refractivity contribution in [3.63, 3.8) is 0 Å². The molecule has 41 heavy (non-hydrogen) atoms. The number of fused-ring (bicyclic) bond motifs is 6. The Kier molecular flexibility index (Phi) is 10.1. The summed E-state index contributed by atoms with van der Waals surface area (Å²) in [6.45, 7) is 0. The van der Waals surface area contributed by atoms with Crippen molar-refractivity contribution in [3.05, 3.63) is 82.3 Å². The van der Waals surface area contributed by atoms with E-state index < -0.39 is 11.2 Å². The molecule has 11 heteroatoms. The van der Waals surface area contributed by atoms with Crippen molar-refractivity contribution in [1.82, 2.24) is 0 Å². The predicted molar refractivity (Wildman–Crippen MR) is 148 cm³/mol. The lowest BCUT2D eigenvalue weighted by atomic mass is 9.66. The number of hydrogen-bond acceptors (Lipinski definition) is 8. The molecule has 0 spiro atoms. The summed E-state index contributed by atoms with van der Waals surface area (Å²) in [7, 11) is 2.88. The molecule has 0 fully saturated rings. The number of phenolic OH excluding ortho intramolecular Hbond substituents is 2. The first-order chi connectivity index (χ1) is 18.1. The van der Waals surface area contributed by atoms with Crippen molar-refractivity contribution in [2.24, 2.45) is 11.8 Å². The number of allylic oxidation sites excluding steroid dienone is 2. The van der Waals surface area contributed by atoms with Crippen molar-refractivity contribution >= 4 is 11.6 Å². The first-order valence-electron chi connectivity index (χ1n) is 12.8. The highest BCUT2D eigenvalue weighted by Crippen LogP contribution is 2.52. The maximum Gasteiger partial charge on any atom is 0.159 e. The van der Waals surface area contributed by atoms with E-state index in [1.165, 1.54) is 26.4 Å². The maximum atomic E-state index is 11.7. The first kappa shape index (κ1) is 33.5. The number of rotatable bonds is 2. The van der Waals surface area contributed by atoms with E-state index in [1.54, 1.807) is 24.3 Å². The molecule has 4 aliphatic rings. The van der Waals surface area contributed by atoms with Gasteiger partial charge in [0.25, 0.3) is 0 Å². The number of aromatic hydroxyl groups is 2. The summed E-state index contributed by atoms with van der Waals surface area (Å²) in [5, 5.41) is 42.4. The van der Waals surface area contributed by atoms with Crippen LogP contribution in [0.1, 0.15) is 47.9 Å². The van der Waals surface area contributed by atoms with E-state index >= 15 is 0 Å². The zero-order chi connectivity index (χ0) is 27.2. The molecule has 10 N–H and O–H groups in total. The zero-order valence-electron chi connectivity index (χ0n) is 22.9. The van der Waals surface area contributed by atoms with Gasteiger partial charge in [-0.15, -0.1) is 0 Å². The van der Waals surface area contributed by atoms with Crippen LogP contribution in [-0.2, 0) is 43.1 Å². The van der Waals surface area contributed by atoms with Crippen molar-refractivity contribution in [2.75, 3.05) is 14.2 Å². The first-order valence-corrected chi connectivity index (χ1v) is 12.8. The minimum Gasteiger partial charge on any atom is -0.508 e. The summed E-state index contributed by atoms with van der Waals surface area (Å²) in [6.07, 6.45) is 6.19. The number of ether oxygens (including phenoxy) is 2. The highest BCUT2D eigenvalue weighted by Gasteiger charge is 2.52. The maximum absolute atomic E-state index is 11.7. The molecular formula is C30H38O11. The molecule has 0 saturated carbocycles. The number of aliphatic hydroxyl groups is 2. The Morgan fingerprint density at radius 1 is 0.683 bits per heavy atom. The summed E-state index contributed by atoms with van der Waals surface area (Å²) >= 11 is 0. The van der Waals surface area contributed by atoms with E-state index in [2.05, 4.69) is 0 Å². The molecule has 6 rings (SSSR count). The SMILES string of the molecule is COC1=CC(=O)C[C@H]2CCc3cccc(O)c3[C@@]12O.COC1=CC(=O)C[C@H]2CCc3cccc(O)c3[C@@]12O.O.O.O. The van der Waals surface area contributed by atoms with Crippen LogP contribution in [0.15, 0.2) is 60.1 Å². The lowest BCUT2D eigenvalue weighted by Crippen LogP contribution is -2.45. The summed E-state index contributed by atoms with van der Waals surface area (Å²) in [5.74, 6) is 0.0358. The van der Waals surface area contributed by atoms with Crippen LogP contribution in [0, 0.1) is 11.8 Å². The van der Waals surface area contributed by atoms with Crippen LogP contribution in [0.5, 0.6) is 11.5 Å². The third-order valence-electron chi connectivity index (χ3n) is 8.40. The monoisotopic (exact) mass is 574 g/mol. The third-order valence-corrected chi connectivity index (χ3v) is 8.40. The molecule has 11 nitrogen and oxygen atoms in total. The second-order valence-electron chi connectivity index (χ2n) is 10.4. The molecule has 224 valence electrons. The van der Waals surface area contributed by atoms with Gasteiger partial charge in [-0.05, 0) is 48.9 Å². The minimum absolute atomic E-state index is 0. The summed E-state index contributed by atoms with van der Waals surface area (Å²) in [6, 6.07) is 10.4. The Morgan fingerprint density at radius 3 is 1.39 bits per heavy atom. The molecule has 4 aliphatic carbocycles. The van der Waals surface area contributed by atoms with Gasteiger partial charge < -0.3 is 46.3 Å². The van der Waals surface area contributed by atoms with Crippen LogP contribution in [0.25, 0.3) is 0 Å². The lowest BCUT2D eigenvalue weighted by molar-refractivity contribution is -0.124. The standard InChI is InChI=1S/2C15H16O4.3H2O/c2*1-19-13-8-11(16)7-10-6-5-9-3-2-4-12(17)14(9)15(10,13)18;;;/h2*2-4,8,10,17-18H,5-7H2,1H3;3*1H2/t2*10-,15+;;;/m11.../s1. The van der Waals surface area contributed by atoms with Gasteiger partial charge in [-0.25, -0.2) is 0 Å². The van der Waals surface area contributed by atoms with Crippen molar-refractivity contribution in [2.45, 2.75) is 49.7 Å². The number of carbonyl (C=O) groups excluding carboxylic acids is 2. The van der Waals surface area contributed by atoms with E-state index in [-0.39, 0.29) is 75.7 Å². The van der Waals surface area contributed by atoms with E-state index in [4.69, 9.17) is 9.47 Å². The molecule has 0 radical (unpaired) electrons. The summed E-state index contributed by atoms with van der Waals surface area (Å²) in [4.78, 5) is 23.4. The van der Waals surface area contributed by atoms with Crippen molar-refractivity contribution in [3.8, 4) is 11.5 Å². The molecule has 0 aromatic heterocycles. The average Bonchev–Trinajstić information content (AvgIpc) is 2.89. The number of ketones is 2. The summed E-state index contributed by atoms with van der Waals surface area (Å²) < 4.78 is 10.5. The Morgan fingerprint density at radius 2 is 1.05 bits per heavy atom. The second kappa shape index (κ2) is 12.4. The fourth-order valence-corrected chi connectivity index (χ4v) is 6.65. The topological polar surface area (TPSA) is 228 Å². The van der Waals surface area contributed by atoms with E-state index in [9.17, 15) is 30.0 Å². The van der Waals surface area contributed by atoms with Crippen LogP contribution in [0.3, 0.4) is 0 Å². The number of hydrogen-bond donors (Lipinski definition) is 4. The van der Waals surface area contributed by atoms with Crippen LogP contribution in [0.2, 0.25) is 0 Å². The fraction of sp³-hybridized carbons (Fsp3) is 0.400. The smallest absolute Gasteiger partial charge is 0.159 e. The van der Waals surface area contributed by atoms with Gasteiger partial charge in [-0.3, -0.25) is 9.59 Å². The van der Waals surface area contributed by atoms with Gasteiger partial charge in [-0.2, -0.15) is 0 Å². The molecule has 0 bridgehead atoms. The van der Waals surface area contributed by atoms with Crippen LogP contribution in [-0.4, -0.2) is 62.6 Å². The van der Waals surface area contributed by atoms with Gasteiger partial charge >= 0.3 is 0 Å². The second-order valence-corrected chi connectivity index (χ2v) is 10.4. The predicted octanol–water partition coefficient (Wildman–Crippen LogP) is 0.817. The van der Waals surface area contributed by atoms with Gasteiger partial charge in [0.05, 0.1) is 14.2 Å². The van der Waals surface area contributed by atoms with Crippen LogP contribution in [0.4, 0.5) is 0 Å². The van der Waals surface area contributed by atoms with Crippen LogP contribution < -0.4 is 0 Å². The van der Waals surface area contributed by atoms with E-state index in [1.807, 2.05) is 12.1 Å². The van der Waals surface area contributed by atoms with Gasteiger partial charge in [0, 0.05) is 48.0 Å². The number of aryl methyl sites for hydroxylation is 2. The van der Waals surface area contributed by atoms with Gasteiger partial charge in [-0.1, -0.05) is 24.3 Å². The van der Waals surface area contributed by atoms with Crippen LogP contribution >= 0.6 is 0 Å². The Balaban J connectivity index is 0.000000267. The van der Waals surface area contributed by atoms with E-state index in [0.717, 1.165) is 24.0 Å². The third kappa shape index (κ3) is 5.22. The van der Waals surface area contributed by atoms with E-state index in [0.29, 0.717) is 24.0 Å². The van der Waals surface area contributed by atoms with Crippen molar-refractivity contribution < 1.29 is 55.9 Å². The molecule has 2 aromatic rings. The molecular weight excluding hydrogens is 536 g/mol. The Labute approximate surface area is 237 Å². The van der Waals surface area contributed by atoms with Gasteiger partial charge in [0.1, 0.15) is 23.0 Å². The Hall–Kier alpha value is -3.74. The number of benzene rings is 2. The molecule has 0 saturated heterocycles. The molecule has 0 unspecified atom stereocenters. The largest absolute Gasteiger partial charge is 0.508 e. The molecule has 2 aromatic carbocycles. The summed E-state index contributed by atoms with van der Waals surface area (Å²) in [5.41, 5.74) is 0.0363. The highest BCUT2D eigenvalue weighted by molar-refractivity contribution is 5.92. The Bertz CT molecular complexity index is 1260. The molecule has 0 aliphatic heterocycles. The van der Waals surface area contributed by atoms with Gasteiger partial charge in [0.15, 0.2) is 22.8 Å². The average molecular weight is 575 g/mol. The number of carbonyl (C=O) groups is 2. The fourth-order valence-electron chi connectivity index (χ4n) is 6.65. The normalized spacial score (nSPS) is 27.1. The number of phenols is 2. The minimum atomic E-state index is -1.39. The highest BCUT2D eigenvalue weighted by atomic mass is 16.5. The van der Waals surface area contributed by atoms with Gasteiger partial charge in [0.2, 0.25) is 0 Å². The van der Waals surface area contributed by atoms with Crippen molar-refractivity contribution in [1.29, 1.82) is 0 Å². The molecule has 4 atom stereocenters. The molecule has 0 heterocycles. The lowest BCUT2D eigenvalue weighted by Gasteiger charge is -2.44.